The average molecular weight is 306 g/mol. The zero-order valence-corrected chi connectivity index (χ0v) is 12.3. The number of methoxy groups -OCH3 is 1. The van der Waals surface area contributed by atoms with Gasteiger partial charge < -0.3 is 15.6 Å². The summed E-state index contributed by atoms with van der Waals surface area (Å²) in [6, 6.07) is 2.30. The van der Waals surface area contributed by atoms with Gasteiger partial charge >= 0.3 is 0 Å². The smallest absolute Gasteiger partial charge is 0.243 e. The predicted molar refractivity (Wildman–Crippen MR) is 73.3 cm³/mol. The predicted octanol–water partition coefficient (Wildman–Crippen LogP) is 0.346. The molecule has 0 aliphatic carbocycles. The molecule has 1 aromatic rings. The summed E-state index contributed by atoms with van der Waals surface area (Å²) in [5, 5.41) is 8.97. The van der Waals surface area contributed by atoms with Crippen molar-refractivity contribution in [3.63, 3.8) is 0 Å². The van der Waals surface area contributed by atoms with Crippen molar-refractivity contribution in [2.75, 3.05) is 39.1 Å². The van der Waals surface area contributed by atoms with Crippen LogP contribution in [0, 0.1) is 12.7 Å². The van der Waals surface area contributed by atoms with E-state index < -0.39 is 15.8 Å². The van der Waals surface area contributed by atoms with E-state index in [1.54, 1.807) is 0 Å². The van der Waals surface area contributed by atoms with E-state index in [2.05, 4.69) is 0 Å². The summed E-state index contributed by atoms with van der Waals surface area (Å²) in [7, 11) is -2.40. The number of nitrogens with two attached hydrogens (primary N) is 1. The maximum absolute atomic E-state index is 13.5. The molecule has 0 aromatic heterocycles. The van der Waals surface area contributed by atoms with E-state index in [0.717, 1.165) is 10.4 Å². The summed E-state index contributed by atoms with van der Waals surface area (Å²) >= 11 is 0. The van der Waals surface area contributed by atoms with Gasteiger partial charge in [0, 0.05) is 20.2 Å². The molecule has 0 radical (unpaired) electrons. The van der Waals surface area contributed by atoms with Crippen molar-refractivity contribution in [3.05, 3.63) is 23.5 Å². The van der Waals surface area contributed by atoms with Crippen LogP contribution in [0.4, 0.5) is 10.1 Å². The topological polar surface area (TPSA) is 92.9 Å². The Bertz CT molecular complexity index is 540. The van der Waals surface area contributed by atoms with Crippen molar-refractivity contribution in [1.82, 2.24) is 4.31 Å². The van der Waals surface area contributed by atoms with Crippen LogP contribution in [-0.4, -0.2) is 51.2 Å². The van der Waals surface area contributed by atoms with Crippen LogP contribution < -0.4 is 5.73 Å². The molecule has 0 fully saturated rings. The van der Waals surface area contributed by atoms with Crippen LogP contribution in [0.2, 0.25) is 0 Å². The van der Waals surface area contributed by atoms with Gasteiger partial charge in [0.25, 0.3) is 0 Å². The number of anilines is 1. The minimum Gasteiger partial charge on any atom is -0.396 e. The molecular weight excluding hydrogens is 287 g/mol. The third-order valence-corrected chi connectivity index (χ3v) is 4.66. The molecule has 6 nitrogen and oxygen atoms in total. The summed E-state index contributed by atoms with van der Waals surface area (Å²) in [4.78, 5) is -0.0987. The zero-order chi connectivity index (χ0) is 15.3. The van der Waals surface area contributed by atoms with Crippen LogP contribution in [0.3, 0.4) is 0 Å². The number of aliphatic hydroxyl groups excluding tert-OH is 1. The van der Waals surface area contributed by atoms with Gasteiger partial charge in [0.2, 0.25) is 10.0 Å². The molecule has 114 valence electrons. The fraction of sp³-hybridized carbons (Fsp3) is 0.500. The highest BCUT2D eigenvalue weighted by Crippen LogP contribution is 2.23. The van der Waals surface area contributed by atoms with Crippen molar-refractivity contribution in [2.45, 2.75) is 11.8 Å². The third kappa shape index (κ3) is 3.66. The lowest BCUT2D eigenvalue weighted by Crippen LogP contribution is -2.36. The number of ether oxygens (including phenoxy) is 1. The fourth-order valence-electron chi connectivity index (χ4n) is 1.72. The van der Waals surface area contributed by atoms with Gasteiger partial charge in [-0.1, -0.05) is 0 Å². The molecule has 3 N–H and O–H groups in total. The van der Waals surface area contributed by atoms with Crippen LogP contribution in [0.1, 0.15) is 5.56 Å². The Balaban J connectivity index is 3.18. The Hall–Kier alpha value is -1.22. The second-order valence-electron chi connectivity index (χ2n) is 4.26. The van der Waals surface area contributed by atoms with Gasteiger partial charge in [-0.3, -0.25) is 0 Å². The van der Waals surface area contributed by atoms with Crippen LogP contribution in [0.25, 0.3) is 0 Å². The molecule has 1 rings (SSSR count). The quantitative estimate of drug-likeness (QED) is 0.709. The number of nitrogens with zero attached hydrogens (tertiary/aromatic N) is 1. The van der Waals surface area contributed by atoms with Crippen molar-refractivity contribution < 1.29 is 22.7 Å². The minimum atomic E-state index is -3.85. The summed E-state index contributed by atoms with van der Waals surface area (Å²) in [5.41, 5.74) is 5.39. The fourth-order valence-corrected chi connectivity index (χ4v) is 3.25. The number of hydrogen-bond acceptors (Lipinski definition) is 5. The highest BCUT2D eigenvalue weighted by atomic mass is 32.2. The van der Waals surface area contributed by atoms with Gasteiger partial charge in [-0.05, 0) is 24.6 Å². The Morgan fingerprint density at radius 3 is 2.55 bits per heavy atom. The van der Waals surface area contributed by atoms with Gasteiger partial charge in [0.05, 0.1) is 23.8 Å². The maximum Gasteiger partial charge on any atom is 0.243 e. The summed E-state index contributed by atoms with van der Waals surface area (Å²) in [6.07, 6.45) is 0. The Labute approximate surface area is 118 Å². The van der Waals surface area contributed by atoms with E-state index in [9.17, 15) is 12.8 Å². The Morgan fingerprint density at radius 1 is 1.40 bits per heavy atom. The number of halogens is 1. The molecule has 0 saturated heterocycles. The van der Waals surface area contributed by atoms with E-state index >= 15 is 0 Å². The lowest BCUT2D eigenvalue weighted by Gasteiger charge is -2.21. The van der Waals surface area contributed by atoms with Crippen LogP contribution in [-0.2, 0) is 14.8 Å². The van der Waals surface area contributed by atoms with Crippen molar-refractivity contribution in [2.24, 2.45) is 0 Å². The molecule has 20 heavy (non-hydrogen) atoms. The average Bonchev–Trinajstić information content (AvgIpc) is 2.39. The lowest BCUT2D eigenvalue weighted by atomic mass is 10.2. The van der Waals surface area contributed by atoms with Crippen molar-refractivity contribution >= 4 is 15.7 Å². The molecule has 8 heteroatoms. The van der Waals surface area contributed by atoms with Crippen LogP contribution in [0.15, 0.2) is 17.0 Å². The van der Waals surface area contributed by atoms with Crippen molar-refractivity contribution in [1.29, 1.82) is 0 Å². The number of aryl methyl sites for hydroxylation is 1. The number of aliphatic hydroxyl groups is 1. The molecule has 0 saturated carbocycles. The number of sulfonamides is 1. The molecule has 0 aliphatic rings. The molecule has 1 aromatic carbocycles. The van der Waals surface area contributed by atoms with E-state index in [0.29, 0.717) is 0 Å². The van der Waals surface area contributed by atoms with Gasteiger partial charge in [-0.25, -0.2) is 12.8 Å². The normalized spacial score (nSPS) is 12.1. The first kappa shape index (κ1) is 16.8. The largest absolute Gasteiger partial charge is 0.396 e. The summed E-state index contributed by atoms with van der Waals surface area (Å²) in [5.74, 6) is -0.630. The molecule has 0 unspecified atom stereocenters. The standard InChI is InChI=1S/C12H19FN2O4S/c1-9-7-10(8-11(14)12(9)13)20(17,18)15(3-5-16)4-6-19-2/h7-8,16H,3-6,14H2,1-2H3. The second-order valence-corrected chi connectivity index (χ2v) is 6.20. The zero-order valence-electron chi connectivity index (χ0n) is 11.5. The summed E-state index contributed by atoms with van der Waals surface area (Å²) < 4.78 is 44.2. The molecule has 0 heterocycles. The number of rotatable bonds is 7. The van der Waals surface area contributed by atoms with Crippen molar-refractivity contribution in [3.8, 4) is 0 Å². The van der Waals surface area contributed by atoms with Crippen LogP contribution in [0.5, 0.6) is 0 Å². The highest BCUT2D eigenvalue weighted by molar-refractivity contribution is 7.89. The Kier molecular flexibility index (Phi) is 5.88. The van der Waals surface area contributed by atoms with Gasteiger partial charge in [-0.2, -0.15) is 4.31 Å². The van der Waals surface area contributed by atoms with Gasteiger partial charge in [0.15, 0.2) is 0 Å². The van der Waals surface area contributed by atoms with Crippen LogP contribution >= 0.6 is 0 Å². The lowest BCUT2D eigenvalue weighted by molar-refractivity contribution is 0.168. The molecule has 0 atom stereocenters. The first-order valence-corrected chi connectivity index (χ1v) is 7.44. The summed E-state index contributed by atoms with van der Waals surface area (Å²) in [6.45, 7) is 1.33. The number of nitrogen functional groups attached to an aromatic ring is 1. The van der Waals surface area contributed by atoms with E-state index in [1.807, 2.05) is 0 Å². The first-order valence-electron chi connectivity index (χ1n) is 6.00. The molecular formula is C12H19FN2O4S. The molecule has 0 spiro atoms. The van der Waals surface area contributed by atoms with E-state index in [1.165, 1.54) is 20.1 Å². The Morgan fingerprint density at radius 2 is 2.05 bits per heavy atom. The second kappa shape index (κ2) is 6.98. The number of benzene rings is 1. The SMILES string of the molecule is COCCN(CCO)S(=O)(=O)c1cc(C)c(F)c(N)c1. The minimum absolute atomic E-state index is 0.0674. The monoisotopic (exact) mass is 306 g/mol. The highest BCUT2D eigenvalue weighted by Gasteiger charge is 2.25. The third-order valence-electron chi connectivity index (χ3n) is 2.79. The van der Waals surface area contributed by atoms with Gasteiger partial charge in [-0.15, -0.1) is 0 Å². The van der Waals surface area contributed by atoms with E-state index in [4.69, 9.17) is 15.6 Å². The number of hydrogen-bond donors (Lipinski definition) is 2. The first-order chi connectivity index (χ1) is 9.34. The molecule has 0 aliphatic heterocycles. The molecule has 0 bridgehead atoms. The van der Waals surface area contributed by atoms with Gasteiger partial charge in [0.1, 0.15) is 5.82 Å². The maximum atomic E-state index is 13.5. The molecule has 0 amide bonds. The van der Waals surface area contributed by atoms with E-state index in [-0.39, 0.29) is 42.4 Å².